The predicted molar refractivity (Wildman–Crippen MR) is 123 cm³/mol. The average Bonchev–Trinajstić information content (AvgIpc) is 3.16. The molecular weight excluding hydrogens is 462 g/mol. The van der Waals surface area contributed by atoms with Crippen LogP contribution in [-0.2, 0) is 15.3 Å². The number of hydrogen-bond donors (Lipinski definition) is 1. The second-order valence-corrected chi connectivity index (χ2v) is 8.92. The van der Waals surface area contributed by atoms with Gasteiger partial charge in [0.25, 0.3) is 0 Å². The predicted octanol–water partition coefficient (Wildman–Crippen LogP) is 5.13. The minimum Gasteiger partial charge on any atom is -0.326 e. The van der Waals surface area contributed by atoms with Crippen LogP contribution in [0, 0.1) is 5.92 Å². The topological polar surface area (TPSA) is 62.3 Å². The van der Waals surface area contributed by atoms with Gasteiger partial charge in [-0.05, 0) is 64.0 Å². The molecule has 30 heavy (non-hydrogen) atoms. The number of rotatable bonds is 6. The van der Waals surface area contributed by atoms with Crippen molar-refractivity contribution < 1.29 is 9.59 Å². The molecule has 2 amide bonds. The van der Waals surface area contributed by atoms with Gasteiger partial charge in [0, 0.05) is 46.2 Å². The number of anilines is 2. The third kappa shape index (κ3) is 4.91. The molecule has 5 nitrogen and oxygen atoms in total. The minimum atomic E-state index is -0.371. The average molecular weight is 482 g/mol. The first-order chi connectivity index (χ1) is 14.6. The van der Waals surface area contributed by atoms with Gasteiger partial charge in [-0.15, -0.1) is 11.8 Å². The number of halogens is 1. The Morgan fingerprint density at radius 1 is 1.13 bits per heavy atom. The van der Waals surface area contributed by atoms with Crippen LogP contribution in [0.3, 0.4) is 0 Å². The van der Waals surface area contributed by atoms with Crippen molar-refractivity contribution in [2.45, 2.75) is 17.1 Å². The zero-order valence-corrected chi connectivity index (χ0v) is 18.5. The summed E-state index contributed by atoms with van der Waals surface area (Å²) in [5.41, 5.74) is 2.70. The first-order valence-electron chi connectivity index (χ1n) is 9.57. The number of carbonyl (C=O) groups is 2. The first-order valence-corrected chi connectivity index (χ1v) is 11.4. The molecule has 1 atom stereocenters. The Morgan fingerprint density at radius 2 is 1.93 bits per heavy atom. The summed E-state index contributed by atoms with van der Waals surface area (Å²) in [6.07, 6.45) is 3.84. The van der Waals surface area contributed by atoms with Crippen molar-refractivity contribution in [3.63, 3.8) is 0 Å². The highest BCUT2D eigenvalue weighted by Crippen LogP contribution is 2.32. The molecule has 1 fully saturated rings. The van der Waals surface area contributed by atoms with Crippen molar-refractivity contribution in [3.8, 4) is 0 Å². The van der Waals surface area contributed by atoms with E-state index in [0.29, 0.717) is 6.54 Å². The van der Waals surface area contributed by atoms with Crippen molar-refractivity contribution in [1.29, 1.82) is 0 Å². The largest absolute Gasteiger partial charge is 0.326 e. The summed E-state index contributed by atoms with van der Waals surface area (Å²) in [5, 5.41) is 2.94. The van der Waals surface area contributed by atoms with Crippen LogP contribution >= 0.6 is 27.7 Å². The summed E-state index contributed by atoms with van der Waals surface area (Å²) >= 11 is 5.20. The second-order valence-electron chi connectivity index (χ2n) is 7.02. The number of benzene rings is 2. The second kappa shape index (κ2) is 9.45. The Balaban J connectivity index is 1.34. The molecule has 7 heteroatoms. The standard InChI is InChI=1S/C23H20BrN3O2S/c24-20-5-1-2-6-21(20)27-14-17(12-22(27)28)23(29)26-18-7-9-19(10-8-18)30-15-16-4-3-11-25-13-16/h1-11,13,17H,12,14-15H2,(H,26,29). The number of hydrogen-bond acceptors (Lipinski definition) is 4. The lowest BCUT2D eigenvalue weighted by atomic mass is 10.1. The number of thioether (sulfide) groups is 1. The lowest BCUT2D eigenvalue weighted by molar-refractivity contribution is -0.122. The molecule has 2 aromatic carbocycles. The van der Waals surface area contributed by atoms with E-state index < -0.39 is 0 Å². The van der Waals surface area contributed by atoms with Gasteiger partial charge >= 0.3 is 0 Å². The molecule has 3 aromatic rings. The van der Waals surface area contributed by atoms with E-state index in [1.165, 1.54) is 5.56 Å². The molecular formula is C23H20BrN3O2S. The Hall–Kier alpha value is -2.64. The fraction of sp³-hybridized carbons (Fsp3) is 0.174. The van der Waals surface area contributed by atoms with Crippen LogP contribution in [0.4, 0.5) is 11.4 Å². The van der Waals surface area contributed by atoms with Crippen LogP contribution in [0.1, 0.15) is 12.0 Å². The quantitative estimate of drug-likeness (QED) is 0.495. The molecule has 1 aliphatic rings. The van der Waals surface area contributed by atoms with Crippen LogP contribution in [-0.4, -0.2) is 23.3 Å². The Bertz CT molecular complexity index is 1040. The molecule has 4 rings (SSSR count). The molecule has 0 bridgehead atoms. The Kier molecular flexibility index (Phi) is 6.50. The molecule has 1 saturated heterocycles. The van der Waals surface area contributed by atoms with Gasteiger partial charge in [-0.3, -0.25) is 14.6 Å². The van der Waals surface area contributed by atoms with E-state index >= 15 is 0 Å². The first kappa shape index (κ1) is 20.6. The van der Waals surface area contributed by atoms with Crippen molar-refractivity contribution in [2.75, 3.05) is 16.8 Å². The summed E-state index contributed by atoms with van der Waals surface area (Å²) in [6, 6.07) is 19.3. The van der Waals surface area contributed by atoms with E-state index in [1.807, 2.05) is 60.8 Å². The van der Waals surface area contributed by atoms with Gasteiger partial charge in [0.2, 0.25) is 11.8 Å². The van der Waals surface area contributed by atoms with Crippen LogP contribution in [0.15, 0.2) is 82.4 Å². The van der Waals surface area contributed by atoms with Gasteiger partial charge in [0.15, 0.2) is 0 Å². The van der Waals surface area contributed by atoms with E-state index in [1.54, 1.807) is 22.9 Å². The van der Waals surface area contributed by atoms with Gasteiger partial charge in [0.1, 0.15) is 0 Å². The molecule has 1 N–H and O–H groups in total. The van der Waals surface area contributed by atoms with Gasteiger partial charge in [-0.1, -0.05) is 18.2 Å². The van der Waals surface area contributed by atoms with Crippen LogP contribution < -0.4 is 10.2 Å². The third-order valence-electron chi connectivity index (χ3n) is 4.89. The molecule has 0 aliphatic carbocycles. The summed E-state index contributed by atoms with van der Waals surface area (Å²) in [7, 11) is 0. The highest BCUT2D eigenvalue weighted by atomic mass is 79.9. The lowest BCUT2D eigenvalue weighted by Gasteiger charge is -2.18. The van der Waals surface area contributed by atoms with Gasteiger partial charge in [-0.2, -0.15) is 0 Å². The maximum absolute atomic E-state index is 12.7. The van der Waals surface area contributed by atoms with Crippen molar-refractivity contribution in [2.24, 2.45) is 5.92 Å². The monoisotopic (exact) mass is 481 g/mol. The molecule has 1 aromatic heterocycles. The molecule has 1 unspecified atom stereocenters. The Labute approximate surface area is 188 Å². The third-order valence-corrected chi connectivity index (χ3v) is 6.64. The van der Waals surface area contributed by atoms with Crippen LogP contribution in [0.2, 0.25) is 0 Å². The number of para-hydroxylation sites is 1. The number of carbonyl (C=O) groups excluding carboxylic acids is 2. The lowest BCUT2D eigenvalue weighted by Crippen LogP contribution is -2.28. The van der Waals surface area contributed by atoms with Gasteiger partial charge in [-0.25, -0.2) is 0 Å². The Morgan fingerprint density at radius 3 is 2.67 bits per heavy atom. The van der Waals surface area contributed by atoms with Crippen LogP contribution in [0.25, 0.3) is 0 Å². The number of pyridine rings is 1. The summed E-state index contributed by atoms with van der Waals surface area (Å²) in [5.74, 6) is 0.302. The van der Waals surface area contributed by atoms with E-state index in [0.717, 1.165) is 26.5 Å². The van der Waals surface area contributed by atoms with E-state index in [2.05, 4.69) is 32.3 Å². The normalized spacial score (nSPS) is 16.0. The SMILES string of the molecule is O=C(Nc1ccc(SCc2cccnc2)cc1)C1CC(=O)N(c2ccccc2Br)C1. The summed E-state index contributed by atoms with van der Waals surface area (Å²) in [4.78, 5) is 32.1. The number of nitrogens with zero attached hydrogens (tertiary/aromatic N) is 2. The molecule has 152 valence electrons. The number of nitrogens with one attached hydrogen (secondary N) is 1. The fourth-order valence-electron chi connectivity index (χ4n) is 3.32. The molecule has 1 aliphatic heterocycles. The van der Waals surface area contributed by atoms with E-state index in [4.69, 9.17) is 0 Å². The van der Waals surface area contributed by atoms with Crippen molar-refractivity contribution in [3.05, 3.63) is 83.1 Å². The fourth-order valence-corrected chi connectivity index (χ4v) is 4.65. The number of amides is 2. The van der Waals surface area contributed by atoms with Gasteiger partial charge < -0.3 is 10.2 Å². The molecule has 0 spiro atoms. The zero-order chi connectivity index (χ0) is 20.9. The maximum Gasteiger partial charge on any atom is 0.229 e. The minimum absolute atomic E-state index is 0.0378. The van der Waals surface area contributed by atoms with Crippen molar-refractivity contribution in [1.82, 2.24) is 4.98 Å². The summed E-state index contributed by atoms with van der Waals surface area (Å²) in [6.45, 7) is 0.381. The summed E-state index contributed by atoms with van der Waals surface area (Å²) < 4.78 is 0.846. The highest BCUT2D eigenvalue weighted by molar-refractivity contribution is 9.10. The smallest absolute Gasteiger partial charge is 0.229 e. The molecule has 0 radical (unpaired) electrons. The highest BCUT2D eigenvalue weighted by Gasteiger charge is 2.35. The number of aromatic nitrogens is 1. The van der Waals surface area contributed by atoms with Gasteiger partial charge in [0.05, 0.1) is 11.6 Å². The van der Waals surface area contributed by atoms with Crippen molar-refractivity contribution >= 4 is 50.9 Å². The molecule has 0 saturated carbocycles. The van der Waals surface area contributed by atoms with E-state index in [-0.39, 0.29) is 24.2 Å². The zero-order valence-electron chi connectivity index (χ0n) is 16.1. The maximum atomic E-state index is 12.7. The van der Waals surface area contributed by atoms with E-state index in [9.17, 15) is 9.59 Å². The van der Waals surface area contributed by atoms with Crippen LogP contribution in [0.5, 0.6) is 0 Å². The molecule has 2 heterocycles.